The van der Waals surface area contributed by atoms with Gasteiger partial charge in [-0.1, -0.05) is 27.7 Å². The molecule has 0 radical (unpaired) electrons. The zero-order valence-electron chi connectivity index (χ0n) is 11.8. The standard InChI is InChI=1S/C14H29N/c1-12(2,3)14(7)9-8-10-15(11-14)13(4,5)6/h8-11H2,1-7H3. The van der Waals surface area contributed by atoms with Gasteiger partial charge in [0.25, 0.3) is 0 Å². The maximum Gasteiger partial charge on any atom is 0.0125 e. The van der Waals surface area contributed by atoms with Gasteiger partial charge in [-0.3, -0.25) is 4.90 Å². The topological polar surface area (TPSA) is 3.24 Å². The first-order valence-electron chi connectivity index (χ1n) is 6.31. The molecule has 1 nitrogen and oxygen atoms in total. The highest BCUT2D eigenvalue weighted by atomic mass is 15.2. The molecule has 1 heterocycles. The van der Waals surface area contributed by atoms with Crippen molar-refractivity contribution in [2.75, 3.05) is 13.1 Å². The Labute approximate surface area is 96.2 Å². The number of piperidine rings is 1. The Bertz CT molecular complexity index is 218. The van der Waals surface area contributed by atoms with Crippen LogP contribution in [0.1, 0.15) is 61.3 Å². The van der Waals surface area contributed by atoms with Crippen molar-refractivity contribution in [2.45, 2.75) is 66.8 Å². The van der Waals surface area contributed by atoms with Crippen molar-refractivity contribution < 1.29 is 0 Å². The molecule has 90 valence electrons. The maximum absolute atomic E-state index is 2.65. The van der Waals surface area contributed by atoms with Gasteiger partial charge in [-0.2, -0.15) is 0 Å². The van der Waals surface area contributed by atoms with E-state index < -0.39 is 0 Å². The van der Waals surface area contributed by atoms with E-state index in [1.165, 1.54) is 25.9 Å². The minimum atomic E-state index is 0.326. The van der Waals surface area contributed by atoms with E-state index in [4.69, 9.17) is 0 Å². The summed E-state index contributed by atoms with van der Waals surface area (Å²) in [6.07, 6.45) is 2.73. The summed E-state index contributed by atoms with van der Waals surface area (Å²) in [4.78, 5) is 2.65. The molecule has 0 aromatic carbocycles. The Morgan fingerprint density at radius 3 is 1.93 bits per heavy atom. The van der Waals surface area contributed by atoms with Crippen LogP contribution in [0.5, 0.6) is 0 Å². The van der Waals surface area contributed by atoms with Crippen LogP contribution in [0.4, 0.5) is 0 Å². The van der Waals surface area contributed by atoms with E-state index in [-0.39, 0.29) is 0 Å². The predicted octanol–water partition coefficient (Wildman–Crippen LogP) is 3.93. The van der Waals surface area contributed by atoms with Gasteiger partial charge in [0, 0.05) is 12.1 Å². The number of likely N-dealkylation sites (tertiary alicyclic amines) is 1. The first kappa shape index (κ1) is 13.0. The molecule has 0 aromatic rings. The van der Waals surface area contributed by atoms with Crippen molar-refractivity contribution in [1.29, 1.82) is 0 Å². The lowest BCUT2D eigenvalue weighted by Gasteiger charge is -2.52. The summed E-state index contributed by atoms with van der Waals surface area (Å²) < 4.78 is 0. The Morgan fingerprint density at radius 1 is 1.00 bits per heavy atom. The molecular formula is C14H29N. The smallest absolute Gasteiger partial charge is 0.0125 e. The van der Waals surface area contributed by atoms with Crippen LogP contribution < -0.4 is 0 Å². The fourth-order valence-electron chi connectivity index (χ4n) is 2.42. The number of hydrogen-bond acceptors (Lipinski definition) is 1. The van der Waals surface area contributed by atoms with E-state index in [0.29, 0.717) is 16.4 Å². The van der Waals surface area contributed by atoms with Gasteiger partial charge in [-0.15, -0.1) is 0 Å². The zero-order chi connectivity index (χ0) is 11.9. The number of rotatable bonds is 0. The van der Waals surface area contributed by atoms with Crippen LogP contribution in [0.15, 0.2) is 0 Å². The normalized spacial score (nSPS) is 30.6. The van der Waals surface area contributed by atoms with Crippen molar-refractivity contribution >= 4 is 0 Å². The lowest BCUT2D eigenvalue weighted by atomic mass is 9.63. The molecular weight excluding hydrogens is 182 g/mol. The monoisotopic (exact) mass is 211 g/mol. The van der Waals surface area contributed by atoms with E-state index in [1.54, 1.807) is 0 Å². The fraction of sp³-hybridized carbons (Fsp3) is 1.00. The van der Waals surface area contributed by atoms with Gasteiger partial charge in [0.2, 0.25) is 0 Å². The molecule has 15 heavy (non-hydrogen) atoms. The van der Waals surface area contributed by atoms with E-state index in [0.717, 1.165) is 0 Å². The highest BCUT2D eigenvalue weighted by molar-refractivity contribution is 4.95. The third kappa shape index (κ3) is 2.75. The SMILES string of the molecule is CC(C)(C)N1CCCC(C)(C(C)(C)C)C1. The van der Waals surface area contributed by atoms with E-state index >= 15 is 0 Å². The van der Waals surface area contributed by atoms with Crippen LogP contribution in [-0.2, 0) is 0 Å². The van der Waals surface area contributed by atoms with Crippen LogP contribution >= 0.6 is 0 Å². The molecule has 1 atom stereocenters. The van der Waals surface area contributed by atoms with E-state index in [1.807, 2.05) is 0 Å². The average molecular weight is 211 g/mol. The summed E-state index contributed by atoms with van der Waals surface area (Å²) in [5, 5.41) is 0. The first-order valence-corrected chi connectivity index (χ1v) is 6.31. The summed E-state index contributed by atoms with van der Waals surface area (Å²) in [6.45, 7) is 19.2. The summed E-state index contributed by atoms with van der Waals surface area (Å²) in [5.41, 5.74) is 1.21. The zero-order valence-corrected chi connectivity index (χ0v) is 11.8. The molecule has 1 aliphatic rings. The number of nitrogens with zero attached hydrogens (tertiary/aromatic N) is 1. The molecule has 0 amide bonds. The molecule has 0 spiro atoms. The third-order valence-electron chi connectivity index (χ3n) is 4.46. The predicted molar refractivity (Wildman–Crippen MR) is 68.1 cm³/mol. The van der Waals surface area contributed by atoms with Gasteiger partial charge in [0.15, 0.2) is 0 Å². The molecule has 0 saturated carbocycles. The molecule has 1 unspecified atom stereocenters. The van der Waals surface area contributed by atoms with Crippen LogP contribution in [0.2, 0.25) is 0 Å². The van der Waals surface area contributed by atoms with Gasteiger partial charge < -0.3 is 0 Å². The summed E-state index contributed by atoms with van der Waals surface area (Å²) >= 11 is 0. The summed E-state index contributed by atoms with van der Waals surface area (Å²) in [5.74, 6) is 0. The molecule has 1 saturated heterocycles. The van der Waals surface area contributed by atoms with Gasteiger partial charge in [0.05, 0.1) is 0 Å². The Morgan fingerprint density at radius 2 is 1.53 bits per heavy atom. The largest absolute Gasteiger partial charge is 0.298 e. The van der Waals surface area contributed by atoms with Crippen molar-refractivity contribution in [1.82, 2.24) is 4.90 Å². The lowest BCUT2D eigenvalue weighted by Crippen LogP contribution is -2.54. The van der Waals surface area contributed by atoms with Gasteiger partial charge in [-0.25, -0.2) is 0 Å². The summed E-state index contributed by atoms with van der Waals surface area (Å²) in [6, 6.07) is 0. The molecule has 1 rings (SSSR count). The minimum Gasteiger partial charge on any atom is -0.298 e. The van der Waals surface area contributed by atoms with Crippen molar-refractivity contribution in [2.24, 2.45) is 10.8 Å². The second-order valence-electron chi connectivity index (χ2n) is 7.51. The molecule has 0 N–H and O–H groups in total. The number of hydrogen-bond donors (Lipinski definition) is 0. The van der Waals surface area contributed by atoms with E-state index in [9.17, 15) is 0 Å². The molecule has 0 bridgehead atoms. The highest BCUT2D eigenvalue weighted by Crippen LogP contribution is 2.46. The van der Waals surface area contributed by atoms with Crippen LogP contribution in [0, 0.1) is 10.8 Å². The Hall–Kier alpha value is -0.0400. The third-order valence-corrected chi connectivity index (χ3v) is 4.46. The molecule has 0 aliphatic carbocycles. The fourth-order valence-corrected chi connectivity index (χ4v) is 2.42. The van der Waals surface area contributed by atoms with Crippen molar-refractivity contribution in [3.8, 4) is 0 Å². The van der Waals surface area contributed by atoms with Crippen molar-refractivity contribution in [3.63, 3.8) is 0 Å². The second-order valence-corrected chi connectivity index (χ2v) is 7.51. The maximum atomic E-state index is 2.65. The summed E-state index contributed by atoms with van der Waals surface area (Å²) in [7, 11) is 0. The lowest BCUT2D eigenvalue weighted by molar-refractivity contribution is -0.0265. The van der Waals surface area contributed by atoms with Crippen LogP contribution in [0.25, 0.3) is 0 Å². The van der Waals surface area contributed by atoms with Gasteiger partial charge >= 0.3 is 0 Å². The highest BCUT2D eigenvalue weighted by Gasteiger charge is 2.42. The quantitative estimate of drug-likeness (QED) is 0.587. The van der Waals surface area contributed by atoms with Crippen LogP contribution in [-0.4, -0.2) is 23.5 Å². The Balaban J connectivity index is 2.80. The van der Waals surface area contributed by atoms with Crippen LogP contribution in [0.3, 0.4) is 0 Å². The second kappa shape index (κ2) is 3.76. The average Bonchev–Trinajstić information content (AvgIpc) is 2.00. The molecule has 1 fully saturated rings. The first-order chi connectivity index (χ1) is 6.56. The van der Waals surface area contributed by atoms with Gasteiger partial charge in [-0.05, 0) is 51.0 Å². The molecule has 1 aliphatic heterocycles. The Kier molecular flexibility index (Phi) is 3.27. The minimum absolute atomic E-state index is 0.326. The van der Waals surface area contributed by atoms with Crippen molar-refractivity contribution in [3.05, 3.63) is 0 Å². The molecule has 0 aromatic heterocycles. The van der Waals surface area contributed by atoms with E-state index in [2.05, 4.69) is 53.4 Å². The van der Waals surface area contributed by atoms with Gasteiger partial charge in [0.1, 0.15) is 0 Å². The molecule has 1 heteroatoms.